The molecule has 0 heterocycles. The van der Waals surface area contributed by atoms with Crippen LogP contribution in [0.1, 0.15) is 11.1 Å². The van der Waals surface area contributed by atoms with E-state index in [1.165, 1.54) is 7.11 Å². The van der Waals surface area contributed by atoms with E-state index in [1.807, 2.05) is 61.5 Å². The number of benzene rings is 2. The van der Waals surface area contributed by atoms with Crippen LogP contribution in [0.2, 0.25) is 0 Å². The van der Waals surface area contributed by atoms with Gasteiger partial charge in [0.15, 0.2) is 0 Å². The molecule has 0 saturated heterocycles. The fourth-order valence-corrected chi connectivity index (χ4v) is 1.66. The minimum absolute atomic E-state index is 0.155. The summed E-state index contributed by atoms with van der Waals surface area (Å²) >= 11 is 0. The van der Waals surface area contributed by atoms with Crippen molar-refractivity contribution in [1.29, 1.82) is 0 Å². The van der Waals surface area contributed by atoms with Crippen LogP contribution in [-0.2, 0) is 9.53 Å². The van der Waals surface area contributed by atoms with Crippen LogP contribution >= 0.6 is 0 Å². The zero-order valence-corrected chi connectivity index (χ0v) is 11.5. The standard InChI is InChI=1S/C17H16O3/c1-13-8-10-15(11-9-13)20-16(17(18)19-2)12-14-6-4-3-5-7-14/h3-12H,1-2H3/b16-12-. The topological polar surface area (TPSA) is 35.5 Å². The molecule has 0 aliphatic rings. The fraction of sp³-hybridized carbons (Fsp3) is 0.118. The number of ether oxygens (including phenoxy) is 2. The van der Waals surface area contributed by atoms with Crippen molar-refractivity contribution in [2.45, 2.75) is 6.92 Å². The molecule has 0 N–H and O–H groups in total. The SMILES string of the molecule is COC(=O)/C(=C/c1ccccc1)Oc1ccc(C)cc1. The predicted octanol–water partition coefficient (Wildman–Crippen LogP) is 3.59. The molecule has 3 heteroatoms. The van der Waals surface area contributed by atoms with E-state index in [-0.39, 0.29) is 5.76 Å². The molecular formula is C17H16O3. The van der Waals surface area contributed by atoms with Crippen molar-refractivity contribution in [3.05, 3.63) is 71.5 Å². The van der Waals surface area contributed by atoms with Crippen LogP contribution in [0.5, 0.6) is 5.75 Å². The van der Waals surface area contributed by atoms with Crippen molar-refractivity contribution in [2.75, 3.05) is 7.11 Å². The van der Waals surface area contributed by atoms with Gasteiger partial charge in [-0.1, -0.05) is 48.0 Å². The molecule has 0 fully saturated rings. The molecule has 2 rings (SSSR count). The summed E-state index contributed by atoms with van der Waals surface area (Å²) in [5, 5.41) is 0. The quantitative estimate of drug-likeness (QED) is 0.483. The Morgan fingerprint density at radius 3 is 2.25 bits per heavy atom. The zero-order valence-electron chi connectivity index (χ0n) is 11.5. The number of carbonyl (C=O) groups is 1. The number of esters is 1. The second-order valence-corrected chi connectivity index (χ2v) is 4.33. The van der Waals surface area contributed by atoms with Gasteiger partial charge < -0.3 is 9.47 Å². The maximum Gasteiger partial charge on any atom is 0.373 e. The summed E-state index contributed by atoms with van der Waals surface area (Å²) in [6, 6.07) is 17.0. The van der Waals surface area contributed by atoms with E-state index in [9.17, 15) is 4.79 Å². The molecule has 0 bridgehead atoms. The van der Waals surface area contributed by atoms with E-state index in [0.29, 0.717) is 5.75 Å². The van der Waals surface area contributed by atoms with Crippen molar-refractivity contribution in [3.63, 3.8) is 0 Å². The van der Waals surface area contributed by atoms with Gasteiger partial charge in [-0.2, -0.15) is 0 Å². The Bertz CT molecular complexity index is 598. The van der Waals surface area contributed by atoms with Gasteiger partial charge in [-0.05, 0) is 30.7 Å². The van der Waals surface area contributed by atoms with Crippen molar-refractivity contribution in [1.82, 2.24) is 0 Å². The molecule has 0 amide bonds. The number of aryl methyl sites for hydroxylation is 1. The Balaban J connectivity index is 2.26. The number of hydrogen-bond acceptors (Lipinski definition) is 3. The maximum absolute atomic E-state index is 11.8. The van der Waals surface area contributed by atoms with Crippen LogP contribution in [0.4, 0.5) is 0 Å². The highest BCUT2D eigenvalue weighted by atomic mass is 16.6. The zero-order chi connectivity index (χ0) is 14.4. The van der Waals surface area contributed by atoms with E-state index in [2.05, 4.69) is 0 Å². The first-order valence-electron chi connectivity index (χ1n) is 6.28. The van der Waals surface area contributed by atoms with Gasteiger partial charge in [0, 0.05) is 0 Å². The molecule has 0 aromatic heterocycles. The molecule has 0 spiro atoms. The van der Waals surface area contributed by atoms with E-state index in [0.717, 1.165) is 11.1 Å². The molecule has 2 aromatic carbocycles. The lowest BCUT2D eigenvalue weighted by Gasteiger charge is -2.08. The minimum atomic E-state index is -0.505. The molecule has 0 aliphatic carbocycles. The van der Waals surface area contributed by atoms with Crippen molar-refractivity contribution < 1.29 is 14.3 Å². The molecule has 0 atom stereocenters. The van der Waals surface area contributed by atoms with Crippen molar-refractivity contribution in [3.8, 4) is 5.75 Å². The van der Waals surface area contributed by atoms with E-state index < -0.39 is 5.97 Å². The van der Waals surface area contributed by atoms with Crippen LogP contribution in [0.25, 0.3) is 6.08 Å². The highest BCUT2D eigenvalue weighted by Gasteiger charge is 2.12. The smallest absolute Gasteiger partial charge is 0.373 e. The second-order valence-electron chi connectivity index (χ2n) is 4.33. The van der Waals surface area contributed by atoms with E-state index >= 15 is 0 Å². The van der Waals surface area contributed by atoms with E-state index in [4.69, 9.17) is 9.47 Å². The summed E-state index contributed by atoms with van der Waals surface area (Å²) in [6.07, 6.45) is 1.66. The summed E-state index contributed by atoms with van der Waals surface area (Å²) < 4.78 is 10.4. The van der Waals surface area contributed by atoms with Gasteiger partial charge in [-0.15, -0.1) is 0 Å². The maximum atomic E-state index is 11.8. The van der Waals surface area contributed by atoms with Gasteiger partial charge in [0.2, 0.25) is 5.76 Å². The number of carbonyl (C=O) groups excluding carboxylic acids is 1. The minimum Gasteiger partial charge on any atom is -0.463 e. The van der Waals surface area contributed by atoms with Gasteiger partial charge in [0.1, 0.15) is 5.75 Å². The first kappa shape index (κ1) is 13.9. The molecule has 3 nitrogen and oxygen atoms in total. The molecule has 0 unspecified atom stereocenters. The third-order valence-corrected chi connectivity index (χ3v) is 2.73. The Kier molecular flexibility index (Phi) is 4.56. The van der Waals surface area contributed by atoms with Crippen molar-refractivity contribution in [2.24, 2.45) is 0 Å². The highest BCUT2D eigenvalue weighted by molar-refractivity contribution is 5.91. The number of methoxy groups -OCH3 is 1. The average Bonchev–Trinajstić information content (AvgIpc) is 2.49. The first-order valence-corrected chi connectivity index (χ1v) is 6.28. The van der Waals surface area contributed by atoms with Gasteiger partial charge >= 0.3 is 5.97 Å². The number of rotatable bonds is 4. The highest BCUT2D eigenvalue weighted by Crippen LogP contribution is 2.17. The lowest BCUT2D eigenvalue weighted by atomic mass is 10.2. The molecule has 102 valence electrons. The summed E-state index contributed by atoms with van der Waals surface area (Å²) in [4.78, 5) is 11.8. The summed E-state index contributed by atoms with van der Waals surface area (Å²) in [5.74, 6) is 0.250. The number of hydrogen-bond donors (Lipinski definition) is 0. The Morgan fingerprint density at radius 2 is 1.65 bits per heavy atom. The fourth-order valence-electron chi connectivity index (χ4n) is 1.66. The lowest BCUT2D eigenvalue weighted by molar-refractivity contribution is -0.138. The third kappa shape index (κ3) is 3.72. The van der Waals surface area contributed by atoms with Crippen LogP contribution in [0, 0.1) is 6.92 Å². The molecule has 0 radical (unpaired) electrons. The Labute approximate surface area is 118 Å². The lowest BCUT2D eigenvalue weighted by Crippen LogP contribution is -2.10. The molecular weight excluding hydrogens is 252 g/mol. The normalized spacial score (nSPS) is 11.0. The summed E-state index contributed by atoms with van der Waals surface area (Å²) in [6.45, 7) is 1.99. The predicted molar refractivity (Wildman–Crippen MR) is 78.2 cm³/mol. The van der Waals surface area contributed by atoms with Crippen LogP contribution in [-0.4, -0.2) is 13.1 Å². The monoisotopic (exact) mass is 268 g/mol. The summed E-state index contributed by atoms with van der Waals surface area (Å²) in [5.41, 5.74) is 2.00. The largest absolute Gasteiger partial charge is 0.463 e. The van der Waals surface area contributed by atoms with Gasteiger partial charge in [-0.25, -0.2) is 4.79 Å². The molecule has 20 heavy (non-hydrogen) atoms. The third-order valence-electron chi connectivity index (χ3n) is 2.73. The molecule has 0 saturated carbocycles. The Hall–Kier alpha value is -2.55. The van der Waals surface area contributed by atoms with Gasteiger partial charge in [0.25, 0.3) is 0 Å². The Morgan fingerprint density at radius 1 is 1.00 bits per heavy atom. The van der Waals surface area contributed by atoms with Crippen LogP contribution in [0.15, 0.2) is 60.4 Å². The molecule has 0 aliphatic heterocycles. The van der Waals surface area contributed by atoms with Gasteiger partial charge in [0.05, 0.1) is 7.11 Å². The first-order chi connectivity index (χ1) is 9.69. The second kappa shape index (κ2) is 6.57. The van der Waals surface area contributed by atoms with Crippen molar-refractivity contribution >= 4 is 12.0 Å². The van der Waals surface area contributed by atoms with E-state index in [1.54, 1.807) is 6.08 Å². The average molecular weight is 268 g/mol. The van der Waals surface area contributed by atoms with Gasteiger partial charge in [-0.3, -0.25) is 0 Å². The molecule has 2 aromatic rings. The summed E-state index contributed by atoms with van der Waals surface area (Å²) in [7, 11) is 1.33. The van der Waals surface area contributed by atoms with Crippen LogP contribution < -0.4 is 4.74 Å². The van der Waals surface area contributed by atoms with Crippen LogP contribution in [0.3, 0.4) is 0 Å².